The number of amides is 2. The third-order valence-electron chi connectivity index (χ3n) is 3.85. The molecule has 0 saturated carbocycles. The highest BCUT2D eigenvalue weighted by molar-refractivity contribution is 7.89. The van der Waals surface area contributed by atoms with Gasteiger partial charge in [-0.2, -0.15) is 0 Å². The largest absolute Gasteiger partial charge is 0.364 e. The molecular weight excluding hydrogens is 433 g/mol. The number of nitrogens with two attached hydrogens (primary N) is 1. The number of carbonyl (C=O) groups excluding carboxylic acids is 2. The van der Waals surface area contributed by atoms with E-state index in [1.807, 2.05) is 0 Å². The van der Waals surface area contributed by atoms with Crippen LogP contribution in [0, 0.1) is 5.82 Å². The number of carbonyl (C=O) groups is 2. The first kappa shape index (κ1) is 21.6. The van der Waals surface area contributed by atoms with Crippen molar-refractivity contribution in [2.75, 3.05) is 5.32 Å². The SMILES string of the molecule is CC(C)NS(=O)(=O)c1ccc(F)c(C(=O)Nc2nc(-c3c[nH]c(C(N)=O)c3)cs2)c1. The van der Waals surface area contributed by atoms with Crippen LogP contribution in [0.15, 0.2) is 40.7 Å². The van der Waals surface area contributed by atoms with Crippen LogP contribution in [-0.2, 0) is 10.0 Å². The van der Waals surface area contributed by atoms with Crippen LogP contribution in [0.3, 0.4) is 0 Å². The molecule has 2 amide bonds. The number of halogens is 1. The Balaban J connectivity index is 1.82. The molecular formula is C18H18FN5O4S2. The Bertz CT molecular complexity index is 1220. The van der Waals surface area contributed by atoms with Gasteiger partial charge in [0.2, 0.25) is 10.0 Å². The van der Waals surface area contributed by atoms with E-state index in [4.69, 9.17) is 5.73 Å². The maximum Gasteiger partial charge on any atom is 0.265 e. The van der Waals surface area contributed by atoms with Gasteiger partial charge >= 0.3 is 0 Å². The van der Waals surface area contributed by atoms with Crippen molar-refractivity contribution in [3.05, 3.63) is 52.9 Å². The molecule has 0 aliphatic rings. The van der Waals surface area contributed by atoms with Crippen molar-refractivity contribution in [3.63, 3.8) is 0 Å². The van der Waals surface area contributed by atoms with Crippen LogP contribution in [0.4, 0.5) is 9.52 Å². The molecule has 0 aliphatic carbocycles. The van der Waals surface area contributed by atoms with Crippen molar-refractivity contribution in [2.45, 2.75) is 24.8 Å². The van der Waals surface area contributed by atoms with Crippen LogP contribution in [0.25, 0.3) is 11.3 Å². The van der Waals surface area contributed by atoms with Gasteiger partial charge in [0, 0.05) is 23.2 Å². The topological polar surface area (TPSA) is 147 Å². The monoisotopic (exact) mass is 451 g/mol. The van der Waals surface area contributed by atoms with Crippen molar-refractivity contribution in [2.24, 2.45) is 5.73 Å². The Morgan fingerprint density at radius 1 is 1.27 bits per heavy atom. The second-order valence-electron chi connectivity index (χ2n) is 6.58. The average molecular weight is 452 g/mol. The van der Waals surface area contributed by atoms with Gasteiger partial charge in [0.1, 0.15) is 11.5 Å². The summed E-state index contributed by atoms with van der Waals surface area (Å²) in [5, 5.41) is 4.25. The molecule has 0 bridgehead atoms. The van der Waals surface area contributed by atoms with Crippen LogP contribution < -0.4 is 15.8 Å². The third-order valence-corrected chi connectivity index (χ3v) is 6.27. The molecule has 9 nitrogen and oxygen atoms in total. The van der Waals surface area contributed by atoms with Crippen molar-refractivity contribution in [1.82, 2.24) is 14.7 Å². The van der Waals surface area contributed by atoms with Crippen LogP contribution in [-0.4, -0.2) is 36.2 Å². The summed E-state index contributed by atoms with van der Waals surface area (Å²) in [5.74, 6) is -2.34. The van der Waals surface area contributed by atoms with E-state index in [1.54, 1.807) is 19.2 Å². The number of aromatic nitrogens is 2. The molecule has 12 heteroatoms. The number of anilines is 1. The van der Waals surface area contributed by atoms with E-state index in [9.17, 15) is 22.4 Å². The molecule has 0 fully saturated rings. The fourth-order valence-electron chi connectivity index (χ4n) is 2.54. The van der Waals surface area contributed by atoms with Gasteiger partial charge in [-0.05, 0) is 38.1 Å². The van der Waals surface area contributed by atoms with Crippen LogP contribution in [0.2, 0.25) is 0 Å². The molecule has 2 heterocycles. The Labute approximate surface area is 175 Å². The lowest BCUT2D eigenvalue weighted by Crippen LogP contribution is -2.30. The van der Waals surface area contributed by atoms with Crippen molar-refractivity contribution < 1.29 is 22.4 Å². The van der Waals surface area contributed by atoms with E-state index in [-0.39, 0.29) is 21.8 Å². The molecule has 0 spiro atoms. The normalized spacial score (nSPS) is 11.6. The zero-order chi connectivity index (χ0) is 22.1. The standard InChI is InChI=1S/C18H18FN5O4S2/c1-9(2)24-30(27,28)11-3-4-13(19)12(6-11)17(26)23-18-22-15(8-29-18)10-5-14(16(20)25)21-7-10/h3-9,21,24H,1-2H3,(H2,20,25)(H,22,23,26). The van der Waals surface area contributed by atoms with E-state index >= 15 is 0 Å². The van der Waals surface area contributed by atoms with Crippen molar-refractivity contribution in [3.8, 4) is 11.3 Å². The summed E-state index contributed by atoms with van der Waals surface area (Å²) in [5.41, 5.74) is 6.02. The smallest absolute Gasteiger partial charge is 0.265 e. The molecule has 0 saturated heterocycles. The average Bonchev–Trinajstić information content (AvgIpc) is 3.30. The molecule has 3 rings (SSSR count). The predicted octanol–water partition coefficient (Wildman–Crippen LogP) is 2.32. The zero-order valence-electron chi connectivity index (χ0n) is 15.9. The van der Waals surface area contributed by atoms with Gasteiger partial charge in [-0.3, -0.25) is 14.9 Å². The fourth-order valence-corrected chi connectivity index (χ4v) is 4.53. The number of nitrogens with zero attached hydrogens (tertiary/aromatic N) is 1. The minimum atomic E-state index is -3.89. The molecule has 30 heavy (non-hydrogen) atoms. The fraction of sp³-hybridized carbons (Fsp3) is 0.167. The highest BCUT2D eigenvalue weighted by Gasteiger charge is 2.21. The minimum Gasteiger partial charge on any atom is -0.364 e. The summed E-state index contributed by atoms with van der Waals surface area (Å²) in [6, 6.07) is 4.12. The van der Waals surface area contributed by atoms with Gasteiger partial charge in [0.25, 0.3) is 11.8 Å². The summed E-state index contributed by atoms with van der Waals surface area (Å²) in [6.45, 7) is 3.29. The number of nitrogens with one attached hydrogen (secondary N) is 3. The molecule has 0 radical (unpaired) electrons. The summed E-state index contributed by atoms with van der Waals surface area (Å²) in [4.78, 5) is 30.4. The maximum absolute atomic E-state index is 14.2. The molecule has 2 aromatic heterocycles. The second-order valence-corrected chi connectivity index (χ2v) is 9.15. The summed E-state index contributed by atoms with van der Waals surface area (Å²) in [6.07, 6.45) is 1.54. The van der Waals surface area contributed by atoms with Gasteiger partial charge in [0.05, 0.1) is 16.2 Å². The number of primary amides is 1. The molecule has 1 aromatic carbocycles. The Kier molecular flexibility index (Phi) is 6.01. The van der Waals surface area contributed by atoms with Crippen LogP contribution >= 0.6 is 11.3 Å². The predicted molar refractivity (Wildman–Crippen MR) is 110 cm³/mol. The molecule has 158 valence electrons. The lowest BCUT2D eigenvalue weighted by molar-refractivity contribution is 0.0993. The number of rotatable bonds is 7. The van der Waals surface area contributed by atoms with Crippen LogP contribution in [0.5, 0.6) is 0 Å². The first-order valence-electron chi connectivity index (χ1n) is 8.64. The van der Waals surface area contributed by atoms with E-state index < -0.39 is 33.2 Å². The van der Waals surface area contributed by atoms with E-state index in [0.717, 1.165) is 29.5 Å². The van der Waals surface area contributed by atoms with Crippen molar-refractivity contribution in [1.29, 1.82) is 0 Å². The van der Waals surface area contributed by atoms with Gasteiger partial charge < -0.3 is 10.7 Å². The van der Waals surface area contributed by atoms with Gasteiger partial charge in [-0.1, -0.05) is 0 Å². The Morgan fingerprint density at radius 3 is 2.63 bits per heavy atom. The highest BCUT2D eigenvalue weighted by Crippen LogP contribution is 2.26. The van der Waals surface area contributed by atoms with Gasteiger partial charge in [0.15, 0.2) is 5.13 Å². The Morgan fingerprint density at radius 2 is 2.00 bits per heavy atom. The lowest BCUT2D eigenvalue weighted by Gasteiger charge is -2.11. The van der Waals surface area contributed by atoms with Gasteiger partial charge in [-0.15, -0.1) is 11.3 Å². The molecule has 0 aliphatic heterocycles. The first-order chi connectivity index (χ1) is 14.1. The summed E-state index contributed by atoms with van der Waals surface area (Å²) >= 11 is 1.08. The van der Waals surface area contributed by atoms with Gasteiger partial charge in [-0.25, -0.2) is 22.5 Å². The lowest BCUT2D eigenvalue weighted by atomic mass is 10.2. The van der Waals surface area contributed by atoms with Crippen molar-refractivity contribution >= 4 is 38.3 Å². The zero-order valence-corrected chi connectivity index (χ0v) is 17.5. The number of hydrogen-bond donors (Lipinski definition) is 4. The van der Waals surface area contributed by atoms with E-state index in [2.05, 4.69) is 20.0 Å². The first-order valence-corrected chi connectivity index (χ1v) is 11.0. The molecule has 3 aromatic rings. The molecule has 5 N–H and O–H groups in total. The van der Waals surface area contributed by atoms with Crippen LogP contribution in [0.1, 0.15) is 34.7 Å². The number of aromatic amines is 1. The molecule has 0 atom stereocenters. The number of thiazole rings is 1. The molecule has 0 unspecified atom stereocenters. The Hall–Kier alpha value is -3.09. The number of H-pyrrole nitrogens is 1. The number of sulfonamides is 1. The number of hydrogen-bond acceptors (Lipinski definition) is 6. The minimum absolute atomic E-state index is 0.171. The number of benzene rings is 1. The second kappa shape index (κ2) is 8.34. The van der Waals surface area contributed by atoms with E-state index in [1.165, 1.54) is 12.3 Å². The third kappa shape index (κ3) is 4.72. The summed E-state index contributed by atoms with van der Waals surface area (Å²) < 4.78 is 41.1. The quantitative estimate of drug-likeness (QED) is 0.435. The maximum atomic E-state index is 14.2. The summed E-state index contributed by atoms with van der Waals surface area (Å²) in [7, 11) is -3.89. The highest BCUT2D eigenvalue weighted by atomic mass is 32.2. The van der Waals surface area contributed by atoms with E-state index in [0.29, 0.717) is 11.3 Å².